The highest BCUT2D eigenvalue weighted by atomic mass is 32.2. The number of hydrogen-bond donors (Lipinski definition) is 0. The summed E-state index contributed by atoms with van der Waals surface area (Å²) in [6, 6.07) is 18.0. The molecule has 12 heteroatoms. The molecule has 2 aliphatic rings. The zero-order valence-corrected chi connectivity index (χ0v) is 19.4. The van der Waals surface area contributed by atoms with Gasteiger partial charge in [0.25, 0.3) is 0 Å². The maximum Gasteiger partial charge on any atom is 0.534 e. The van der Waals surface area contributed by atoms with Gasteiger partial charge in [-0.1, -0.05) is 60.7 Å². The second kappa shape index (κ2) is 9.78. The van der Waals surface area contributed by atoms with Gasteiger partial charge in [0.15, 0.2) is 6.10 Å². The molecule has 2 atom stereocenters. The Kier molecular flexibility index (Phi) is 6.95. The van der Waals surface area contributed by atoms with Gasteiger partial charge in [-0.05, 0) is 23.3 Å². The largest absolute Gasteiger partial charge is 0.534 e. The third-order valence-electron chi connectivity index (χ3n) is 5.17. The highest BCUT2D eigenvalue weighted by Gasteiger charge is 2.48. The molecular weight excluding hydrogens is 507 g/mol. The zero-order valence-electron chi connectivity index (χ0n) is 17.8. The van der Waals surface area contributed by atoms with Crippen molar-refractivity contribution in [3.63, 3.8) is 0 Å². The van der Waals surface area contributed by atoms with Crippen molar-refractivity contribution in [2.75, 3.05) is 0 Å². The van der Waals surface area contributed by atoms with Crippen LogP contribution >= 0.6 is 11.8 Å². The van der Waals surface area contributed by atoms with Crippen LogP contribution < -0.4 is 0 Å². The predicted octanol–water partition coefficient (Wildman–Crippen LogP) is 4.26. The molecule has 2 heterocycles. The molecule has 0 bridgehead atoms. The van der Waals surface area contributed by atoms with Gasteiger partial charge in [0.05, 0.1) is 11.8 Å². The fourth-order valence-electron chi connectivity index (χ4n) is 3.50. The Morgan fingerprint density at radius 3 is 2.14 bits per heavy atom. The number of esters is 1. The molecule has 2 aromatic carbocycles. The summed E-state index contributed by atoms with van der Waals surface area (Å²) in [5, 5.41) is -1.18. The van der Waals surface area contributed by atoms with Crippen molar-refractivity contribution in [3.8, 4) is 0 Å². The van der Waals surface area contributed by atoms with Gasteiger partial charge in [-0.2, -0.15) is 21.6 Å². The van der Waals surface area contributed by atoms with E-state index >= 15 is 0 Å². The summed E-state index contributed by atoms with van der Waals surface area (Å²) in [7, 11) is -5.80. The molecular formula is C23H18F3NO6S2. The first-order valence-electron chi connectivity index (χ1n) is 10.2. The fourth-order valence-corrected chi connectivity index (χ4v) is 5.13. The standard InChI is InChI=1S/C23H18F3NO6S2/c24-23(25,26)35(30,31)32-12-11-17-13-18(27-19(28)14-20(27)34-17)22(29)33-21(15-7-3-1-4-8-15)16-9-5-2-6-10-16/h1-13,17,20-21H,14H2/t17?,20-/m1/s1. The van der Waals surface area contributed by atoms with E-state index in [-0.39, 0.29) is 18.0 Å². The number of thioether (sulfide) groups is 1. The lowest BCUT2D eigenvalue weighted by molar-refractivity contribution is -0.151. The fraction of sp³-hybridized carbons (Fsp3) is 0.217. The van der Waals surface area contributed by atoms with E-state index in [4.69, 9.17) is 4.74 Å². The van der Waals surface area contributed by atoms with Crippen molar-refractivity contribution in [3.05, 3.63) is 95.9 Å². The van der Waals surface area contributed by atoms with Crippen LogP contribution in [0.25, 0.3) is 0 Å². The molecule has 0 spiro atoms. The highest BCUT2D eigenvalue weighted by molar-refractivity contribution is 8.01. The van der Waals surface area contributed by atoms with Crippen LogP contribution in [0.2, 0.25) is 0 Å². The lowest BCUT2D eigenvalue weighted by Crippen LogP contribution is -2.54. The number of benzene rings is 2. The minimum atomic E-state index is -5.80. The Balaban J connectivity index is 1.58. The number of alkyl halides is 3. The molecule has 0 aromatic heterocycles. The van der Waals surface area contributed by atoms with Crippen molar-refractivity contribution in [2.24, 2.45) is 0 Å². The number of rotatable bonds is 7. The average Bonchev–Trinajstić information content (AvgIpc) is 2.81. The molecule has 35 heavy (non-hydrogen) atoms. The molecule has 1 fully saturated rings. The Hall–Kier alpha value is -3.25. The Morgan fingerprint density at radius 1 is 1.06 bits per heavy atom. The molecule has 1 amide bonds. The summed E-state index contributed by atoms with van der Waals surface area (Å²) in [5.74, 6) is -1.11. The van der Waals surface area contributed by atoms with Crippen molar-refractivity contribution in [1.82, 2.24) is 4.90 Å². The number of ether oxygens (including phenoxy) is 1. The Labute approximate surface area is 203 Å². The predicted molar refractivity (Wildman–Crippen MR) is 121 cm³/mol. The summed E-state index contributed by atoms with van der Waals surface area (Å²) in [5.41, 5.74) is -4.24. The van der Waals surface area contributed by atoms with Crippen LogP contribution in [0, 0.1) is 0 Å². The number of β-lactam (4-membered cyclic amide) rings is 1. The maximum absolute atomic E-state index is 13.2. The first-order valence-corrected chi connectivity index (χ1v) is 12.6. The summed E-state index contributed by atoms with van der Waals surface area (Å²) in [6.07, 6.45) is 2.14. The van der Waals surface area contributed by atoms with Gasteiger partial charge in [-0.15, -0.1) is 11.8 Å². The van der Waals surface area contributed by atoms with Gasteiger partial charge in [-0.3, -0.25) is 9.69 Å². The summed E-state index contributed by atoms with van der Waals surface area (Å²) in [6.45, 7) is 0. The van der Waals surface area contributed by atoms with Crippen LogP contribution in [0.4, 0.5) is 13.2 Å². The van der Waals surface area contributed by atoms with Crippen LogP contribution in [0.3, 0.4) is 0 Å². The first kappa shape index (κ1) is 24.9. The van der Waals surface area contributed by atoms with E-state index in [9.17, 15) is 31.2 Å². The normalized spacial score (nSPS) is 20.3. The van der Waals surface area contributed by atoms with Gasteiger partial charge < -0.3 is 8.92 Å². The third kappa shape index (κ3) is 5.38. The van der Waals surface area contributed by atoms with Crippen molar-refractivity contribution in [1.29, 1.82) is 0 Å². The maximum atomic E-state index is 13.2. The van der Waals surface area contributed by atoms with Gasteiger partial charge >= 0.3 is 21.6 Å². The first-order chi connectivity index (χ1) is 16.6. The number of fused-ring (bicyclic) bond motifs is 1. The molecule has 0 aliphatic carbocycles. The van der Waals surface area contributed by atoms with Gasteiger partial charge in [0.1, 0.15) is 12.0 Å². The van der Waals surface area contributed by atoms with E-state index < -0.39 is 38.3 Å². The number of hydrogen-bond acceptors (Lipinski definition) is 7. The van der Waals surface area contributed by atoms with E-state index in [0.29, 0.717) is 17.4 Å². The summed E-state index contributed by atoms with van der Waals surface area (Å²) < 4.78 is 69.3. The summed E-state index contributed by atoms with van der Waals surface area (Å²) in [4.78, 5) is 26.7. The van der Waals surface area contributed by atoms with Crippen molar-refractivity contribution >= 4 is 33.8 Å². The van der Waals surface area contributed by atoms with Crippen LogP contribution in [-0.2, 0) is 28.6 Å². The second-order valence-corrected chi connectivity index (χ2v) is 10.4. The lowest BCUT2D eigenvalue weighted by atomic mass is 10.0. The third-order valence-corrected chi connectivity index (χ3v) is 7.40. The number of nitrogens with zero attached hydrogens (tertiary/aromatic N) is 1. The average molecular weight is 526 g/mol. The summed E-state index contributed by atoms with van der Waals surface area (Å²) >= 11 is 1.15. The molecule has 0 saturated carbocycles. The minimum Gasteiger partial charge on any atom is -0.448 e. The van der Waals surface area contributed by atoms with E-state index in [1.54, 1.807) is 48.5 Å². The molecule has 2 aromatic rings. The molecule has 1 unspecified atom stereocenters. The number of carbonyl (C=O) groups excluding carboxylic acids is 2. The van der Waals surface area contributed by atoms with Crippen LogP contribution in [0.15, 0.2) is 84.8 Å². The minimum absolute atomic E-state index is 0.0739. The van der Waals surface area contributed by atoms with Crippen LogP contribution in [0.5, 0.6) is 0 Å². The van der Waals surface area contributed by atoms with E-state index in [0.717, 1.165) is 17.8 Å². The number of amides is 1. The van der Waals surface area contributed by atoms with E-state index in [1.165, 1.54) is 11.0 Å². The molecule has 7 nitrogen and oxygen atoms in total. The second-order valence-electron chi connectivity index (χ2n) is 7.51. The zero-order chi connectivity index (χ0) is 25.2. The van der Waals surface area contributed by atoms with Crippen LogP contribution in [-0.4, -0.2) is 41.3 Å². The topological polar surface area (TPSA) is 90.0 Å². The highest BCUT2D eigenvalue weighted by Crippen LogP contribution is 2.42. The van der Waals surface area contributed by atoms with Gasteiger partial charge in [0, 0.05) is 5.25 Å². The molecule has 0 radical (unpaired) electrons. The molecule has 0 N–H and O–H groups in total. The molecule has 2 aliphatic heterocycles. The van der Waals surface area contributed by atoms with Crippen molar-refractivity contribution in [2.45, 2.75) is 28.7 Å². The number of halogens is 3. The molecule has 1 saturated heterocycles. The Morgan fingerprint density at radius 2 is 1.63 bits per heavy atom. The van der Waals surface area contributed by atoms with Crippen LogP contribution in [0.1, 0.15) is 23.7 Å². The monoisotopic (exact) mass is 525 g/mol. The quantitative estimate of drug-likeness (QED) is 0.175. The van der Waals surface area contributed by atoms with Crippen molar-refractivity contribution < 1.29 is 40.1 Å². The lowest BCUT2D eigenvalue weighted by Gasteiger charge is -2.44. The van der Waals surface area contributed by atoms with Gasteiger partial charge in [-0.25, -0.2) is 4.79 Å². The molecule has 184 valence electrons. The van der Waals surface area contributed by atoms with E-state index in [2.05, 4.69) is 4.18 Å². The van der Waals surface area contributed by atoms with Gasteiger partial charge in [0.2, 0.25) is 5.91 Å². The smallest absolute Gasteiger partial charge is 0.448 e. The SMILES string of the molecule is O=C(OC(c1ccccc1)c1ccccc1)C1=CC(C=COS(=O)(=O)C(F)(F)F)S[C@@H]2CC(=O)N12. The molecule has 4 rings (SSSR count). The Bertz CT molecular complexity index is 1220. The van der Waals surface area contributed by atoms with E-state index in [1.807, 2.05) is 12.1 Å². The number of carbonyl (C=O) groups is 2.